The number of fused-ring (bicyclic) bond motifs is 6. The molecule has 256 valence electrons. The van der Waals surface area contributed by atoms with E-state index in [1.165, 1.54) is 22.3 Å². The van der Waals surface area contributed by atoms with Crippen molar-refractivity contribution < 1.29 is 0 Å². The van der Waals surface area contributed by atoms with Crippen molar-refractivity contribution in [3.63, 3.8) is 0 Å². The van der Waals surface area contributed by atoms with Crippen LogP contribution < -0.4 is 16.0 Å². The number of hydrogen-bond donors (Lipinski definition) is 3. The van der Waals surface area contributed by atoms with Gasteiger partial charge in [0.05, 0.1) is 16.9 Å². The Morgan fingerprint density at radius 2 is 1.23 bits per heavy atom. The number of aliphatic imine (C=N–C) groups is 2. The minimum Gasteiger partial charge on any atom is -0.382 e. The molecule has 6 nitrogen and oxygen atoms in total. The third-order valence-corrected chi connectivity index (χ3v) is 10.9. The Morgan fingerprint density at radius 3 is 2.00 bits per heavy atom. The van der Waals surface area contributed by atoms with Crippen LogP contribution in [-0.4, -0.2) is 29.7 Å². The van der Waals surface area contributed by atoms with Crippen LogP contribution in [0.4, 0.5) is 11.4 Å². The van der Waals surface area contributed by atoms with E-state index in [-0.39, 0.29) is 5.41 Å². The summed E-state index contributed by atoms with van der Waals surface area (Å²) in [6, 6.07) is 49.7. The molecule has 7 aromatic rings. The van der Waals surface area contributed by atoms with Crippen LogP contribution in [0.1, 0.15) is 47.8 Å². The molecule has 53 heavy (non-hydrogen) atoms. The summed E-state index contributed by atoms with van der Waals surface area (Å²) in [5, 5.41) is 11.9. The maximum atomic E-state index is 5.29. The fraction of sp³-hybridized carbons (Fsp3) is 0.128. The molecular formula is C47H38N6. The molecule has 0 atom stereocenters. The zero-order chi connectivity index (χ0) is 35.5. The molecule has 3 heterocycles. The van der Waals surface area contributed by atoms with Gasteiger partial charge >= 0.3 is 0 Å². The number of hydrogen-bond acceptors (Lipinski definition) is 6. The van der Waals surface area contributed by atoms with Gasteiger partial charge in [-0.1, -0.05) is 111 Å². The van der Waals surface area contributed by atoms with E-state index in [2.05, 4.69) is 127 Å². The molecule has 10 rings (SSSR count). The topological polar surface area (TPSA) is 73.7 Å². The van der Waals surface area contributed by atoms with Crippen LogP contribution in [0.2, 0.25) is 0 Å². The van der Waals surface area contributed by atoms with E-state index in [1.54, 1.807) is 0 Å². The molecule has 1 aromatic heterocycles. The Bertz CT molecular complexity index is 2570. The summed E-state index contributed by atoms with van der Waals surface area (Å²) >= 11 is 0. The zero-order valence-electron chi connectivity index (χ0n) is 29.7. The lowest BCUT2D eigenvalue weighted by Crippen LogP contribution is -2.36. The van der Waals surface area contributed by atoms with Crippen LogP contribution >= 0.6 is 0 Å². The van der Waals surface area contributed by atoms with Crippen molar-refractivity contribution in [3.8, 4) is 33.4 Å². The van der Waals surface area contributed by atoms with Gasteiger partial charge in [-0.25, -0.2) is 9.98 Å². The van der Waals surface area contributed by atoms with Crippen molar-refractivity contribution in [3.05, 3.63) is 174 Å². The summed E-state index contributed by atoms with van der Waals surface area (Å²) in [4.78, 5) is 15.5. The number of benzene rings is 6. The summed E-state index contributed by atoms with van der Waals surface area (Å²) in [5.41, 5.74) is 15.8. The first-order valence-corrected chi connectivity index (χ1v) is 18.3. The largest absolute Gasteiger partial charge is 0.382 e. The third-order valence-electron chi connectivity index (χ3n) is 10.9. The first-order chi connectivity index (χ1) is 26.0. The van der Waals surface area contributed by atoms with E-state index in [0.29, 0.717) is 0 Å². The second kappa shape index (κ2) is 12.3. The van der Waals surface area contributed by atoms with E-state index in [9.17, 15) is 0 Å². The molecule has 0 radical (unpaired) electrons. The predicted octanol–water partition coefficient (Wildman–Crippen LogP) is 10.2. The average molecular weight is 687 g/mol. The van der Waals surface area contributed by atoms with Crippen LogP contribution in [0.15, 0.2) is 156 Å². The van der Waals surface area contributed by atoms with Gasteiger partial charge in [0.2, 0.25) is 0 Å². The number of anilines is 2. The van der Waals surface area contributed by atoms with Gasteiger partial charge in [0.25, 0.3) is 0 Å². The summed E-state index contributed by atoms with van der Waals surface area (Å²) in [7, 11) is 0. The Balaban J connectivity index is 1.20. The second-order valence-corrected chi connectivity index (χ2v) is 14.6. The van der Waals surface area contributed by atoms with E-state index in [0.717, 1.165) is 86.0 Å². The van der Waals surface area contributed by atoms with Crippen molar-refractivity contribution in [2.45, 2.75) is 25.4 Å². The summed E-state index contributed by atoms with van der Waals surface area (Å²) in [6.45, 7) is 6.40. The van der Waals surface area contributed by atoms with Crippen molar-refractivity contribution in [1.82, 2.24) is 10.3 Å². The van der Waals surface area contributed by atoms with Crippen LogP contribution in [0.25, 0.3) is 44.3 Å². The Hall–Kier alpha value is -6.53. The van der Waals surface area contributed by atoms with Crippen LogP contribution in [0.5, 0.6) is 0 Å². The fourth-order valence-corrected chi connectivity index (χ4v) is 8.28. The van der Waals surface area contributed by atoms with Crippen LogP contribution in [-0.2, 0) is 5.41 Å². The van der Waals surface area contributed by atoms with Gasteiger partial charge in [0, 0.05) is 46.8 Å². The molecule has 2 aliphatic heterocycles. The molecule has 0 bridgehead atoms. The van der Waals surface area contributed by atoms with Crippen LogP contribution in [0, 0.1) is 0 Å². The van der Waals surface area contributed by atoms with Crippen molar-refractivity contribution in [1.29, 1.82) is 0 Å². The number of aromatic nitrogens is 1. The lowest BCUT2D eigenvalue weighted by Gasteiger charge is -2.25. The summed E-state index contributed by atoms with van der Waals surface area (Å²) in [6.07, 6.45) is 1.41. The molecular weight excluding hydrogens is 649 g/mol. The maximum absolute atomic E-state index is 5.29. The molecule has 0 amide bonds. The number of pyridine rings is 1. The quantitative estimate of drug-likeness (QED) is 0.169. The first kappa shape index (κ1) is 31.2. The number of nitrogens with one attached hydrogen (secondary N) is 3. The fourth-order valence-electron chi connectivity index (χ4n) is 8.28. The highest BCUT2D eigenvalue weighted by Crippen LogP contribution is 2.50. The third kappa shape index (κ3) is 5.29. The van der Waals surface area contributed by atoms with Gasteiger partial charge in [-0.2, -0.15) is 0 Å². The van der Waals surface area contributed by atoms with Gasteiger partial charge in [-0.3, -0.25) is 4.98 Å². The number of amidine groups is 2. The zero-order valence-corrected chi connectivity index (χ0v) is 29.7. The first-order valence-electron chi connectivity index (χ1n) is 18.3. The Kier molecular flexibility index (Phi) is 7.25. The minimum absolute atomic E-state index is 0.113. The molecule has 0 unspecified atom stereocenters. The normalized spacial score (nSPS) is 15.6. The van der Waals surface area contributed by atoms with Crippen molar-refractivity contribution in [2.75, 3.05) is 23.7 Å². The molecule has 0 saturated carbocycles. The molecule has 3 aliphatic rings. The van der Waals surface area contributed by atoms with E-state index < -0.39 is 6.17 Å². The maximum Gasteiger partial charge on any atom is 0.169 e. The standard InChI is InChI=1S/C47H38N6/c1-47(2)39-18-10-9-16-35(39)36-20-19-31(27-40(36)47)32-24-33(38-28-41-43(50-23-22-48-41)37-17-11-21-49-42(37)38)26-34(25-32)46-52-44(29-12-5-3-6-13-29)51-45(53-46)30-14-7-4-8-15-30/h3-21,24-28,46,48,50H,22-23H2,1-2H3,(H,51,52,53). The second-order valence-electron chi connectivity index (χ2n) is 14.6. The molecule has 6 aromatic carbocycles. The highest BCUT2D eigenvalue weighted by atomic mass is 15.2. The SMILES string of the molecule is CC1(C)c2ccccc2-c2ccc(-c3cc(-c4cc5c(c6cccnc46)NCCN5)cc(C4N=C(c5ccccc5)NC(c5ccccc5)=N4)c3)cc21. The number of rotatable bonds is 5. The molecule has 0 fully saturated rings. The molecule has 0 spiro atoms. The smallest absolute Gasteiger partial charge is 0.169 e. The van der Waals surface area contributed by atoms with E-state index in [1.807, 2.05) is 48.7 Å². The summed E-state index contributed by atoms with van der Waals surface area (Å²) in [5.74, 6) is 1.59. The Labute approximate surface area is 309 Å². The van der Waals surface area contributed by atoms with E-state index >= 15 is 0 Å². The Morgan fingerprint density at radius 1 is 0.547 bits per heavy atom. The lowest BCUT2D eigenvalue weighted by molar-refractivity contribution is 0.660. The van der Waals surface area contributed by atoms with Gasteiger partial charge in [-0.05, 0) is 87.0 Å². The van der Waals surface area contributed by atoms with Gasteiger partial charge in [0.1, 0.15) is 11.7 Å². The van der Waals surface area contributed by atoms with E-state index in [4.69, 9.17) is 15.0 Å². The average Bonchev–Trinajstić information content (AvgIpc) is 3.46. The molecule has 1 aliphatic carbocycles. The molecule has 3 N–H and O–H groups in total. The monoisotopic (exact) mass is 686 g/mol. The predicted molar refractivity (Wildman–Crippen MR) is 219 cm³/mol. The van der Waals surface area contributed by atoms with Crippen LogP contribution in [0.3, 0.4) is 0 Å². The van der Waals surface area contributed by atoms with Gasteiger partial charge in [-0.15, -0.1) is 0 Å². The summed E-state index contributed by atoms with van der Waals surface area (Å²) < 4.78 is 0. The van der Waals surface area contributed by atoms with Gasteiger partial charge < -0.3 is 16.0 Å². The van der Waals surface area contributed by atoms with Crippen molar-refractivity contribution >= 4 is 33.9 Å². The number of nitrogens with zero attached hydrogens (tertiary/aromatic N) is 3. The lowest BCUT2D eigenvalue weighted by atomic mass is 9.81. The van der Waals surface area contributed by atoms with Crippen molar-refractivity contribution in [2.24, 2.45) is 9.98 Å². The van der Waals surface area contributed by atoms with Gasteiger partial charge in [0.15, 0.2) is 6.17 Å². The molecule has 6 heteroatoms. The minimum atomic E-state index is -0.480. The highest BCUT2D eigenvalue weighted by Gasteiger charge is 2.35. The molecule has 0 saturated heterocycles. The highest BCUT2D eigenvalue weighted by molar-refractivity contribution is 6.16.